The Bertz CT molecular complexity index is 1000. The number of rotatable bonds is 3. The van der Waals surface area contributed by atoms with E-state index in [0.29, 0.717) is 5.52 Å². The Hall–Kier alpha value is -3.34. The second kappa shape index (κ2) is 5.46. The van der Waals surface area contributed by atoms with E-state index in [0.717, 1.165) is 28.3 Å². The highest BCUT2D eigenvalue weighted by atomic mass is 16.5. The molecule has 23 heavy (non-hydrogen) atoms. The molecule has 0 aliphatic heterocycles. The first-order valence-corrected chi connectivity index (χ1v) is 7.20. The van der Waals surface area contributed by atoms with Gasteiger partial charge in [-0.25, -0.2) is 4.79 Å². The molecule has 2 aromatic heterocycles. The van der Waals surface area contributed by atoms with Gasteiger partial charge in [0, 0.05) is 11.8 Å². The molecule has 2 aromatic carbocycles. The van der Waals surface area contributed by atoms with Gasteiger partial charge in [0.05, 0.1) is 16.7 Å². The maximum atomic E-state index is 11.5. The van der Waals surface area contributed by atoms with E-state index in [2.05, 4.69) is 15.0 Å². The van der Waals surface area contributed by atoms with Crippen molar-refractivity contribution in [2.45, 2.75) is 0 Å². The maximum Gasteiger partial charge on any atom is 0.323 e. The topological polar surface area (TPSA) is 70.8 Å². The lowest BCUT2D eigenvalue weighted by Crippen LogP contribution is -1.99. The van der Waals surface area contributed by atoms with Crippen LogP contribution >= 0.6 is 0 Å². The van der Waals surface area contributed by atoms with E-state index in [1.807, 2.05) is 54.6 Å². The average molecular weight is 303 g/mol. The first-order valence-electron chi connectivity index (χ1n) is 7.20. The molecule has 0 aliphatic carbocycles. The fourth-order valence-electron chi connectivity index (χ4n) is 2.48. The van der Waals surface area contributed by atoms with Gasteiger partial charge in [-0.2, -0.15) is 0 Å². The molecule has 0 unspecified atom stereocenters. The summed E-state index contributed by atoms with van der Waals surface area (Å²) in [6, 6.07) is 19.0. The molecule has 5 heteroatoms. The lowest BCUT2D eigenvalue weighted by atomic mass is 10.1. The number of aromatic nitrogens is 3. The van der Waals surface area contributed by atoms with Gasteiger partial charge in [0.25, 0.3) is 0 Å². The highest BCUT2D eigenvalue weighted by molar-refractivity contribution is 5.88. The molecule has 112 valence electrons. The van der Waals surface area contributed by atoms with Crippen molar-refractivity contribution in [3.05, 3.63) is 77.3 Å². The summed E-state index contributed by atoms with van der Waals surface area (Å²) in [5.74, 6) is 1.53. The Labute approximate surface area is 131 Å². The van der Waals surface area contributed by atoms with Crippen LogP contribution in [0.15, 0.2) is 71.7 Å². The summed E-state index contributed by atoms with van der Waals surface area (Å²) in [6.07, 6.45) is 1.68. The Morgan fingerprint density at radius 1 is 0.826 bits per heavy atom. The molecule has 0 radical (unpaired) electrons. The molecule has 0 atom stereocenters. The van der Waals surface area contributed by atoms with Gasteiger partial charge in [0.2, 0.25) is 0 Å². The van der Waals surface area contributed by atoms with Crippen LogP contribution in [-0.4, -0.2) is 15.0 Å². The zero-order chi connectivity index (χ0) is 15.6. The number of fused-ring (bicyclic) bond motifs is 1. The molecular formula is C18H13N3O2. The van der Waals surface area contributed by atoms with E-state index in [-0.39, 0.29) is 5.69 Å². The summed E-state index contributed by atoms with van der Waals surface area (Å²) >= 11 is 0. The van der Waals surface area contributed by atoms with Crippen molar-refractivity contribution in [1.82, 2.24) is 15.0 Å². The van der Waals surface area contributed by atoms with Crippen LogP contribution in [0.5, 0.6) is 11.5 Å². The van der Waals surface area contributed by atoms with E-state index in [1.165, 1.54) is 0 Å². The molecule has 2 N–H and O–H groups in total. The number of ether oxygens (including phenoxy) is 1. The van der Waals surface area contributed by atoms with Gasteiger partial charge in [-0.05, 0) is 42.5 Å². The molecular weight excluding hydrogens is 290 g/mol. The van der Waals surface area contributed by atoms with Crippen LogP contribution in [0, 0.1) is 0 Å². The van der Waals surface area contributed by atoms with Crippen molar-refractivity contribution in [3.8, 4) is 22.8 Å². The van der Waals surface area contributed by atoms with Crippen molar-refractivity contribution < 1.29 is 4.74 Å². The molecule has 0 bridgehead atoms. The normalized spacial score (nSPS) is 10.8. The number of H-pyrrole nitrogens is 2. The van der Waals surface area contributed by atoms with E-state index < -0.39 is 0 Å². The number of para-hydroxylation sites is 1. The van der Waals surface area contributed by atoms with Crippen LogP contribution < -0.4 is 10.4 Å². The Morgan fingerprint density at radius 3 is 2.35 bits per heavy atom. The summed E-state index contributed by atoms with van der Waals surface area (Å²) in [5, 5.41) is 0. The highest BCUT2D eigenvalue weighted by Gasteiger charge is 2.08. The Morgan fingerprint density at radius 2 is 1.57 bits per heavy atom. The molecule has 0 spiro atoms. The van der Waals surface area contributed by atoms with E-state index >= 15 is 0 Å². The zero-order valence-electron chi connectivity index (χ0n) is 12.1. The summed E-state index contributed by atoms with van der Waals surface area (Å²) in [4.78, 5) is 21.4. The smallest absolute Gasteiger partial charge is 0.323 e. The van der Waals surface area contributed by atoms with Crippen molar-refractivity contribution in [2.24, 2.45) is 0 Å². The average Bonchev–Trinajstić information content (AvgIpc) is 2.97. The number of hydrogen-bond acceptors (Lipinski definition) is 3. The second-order valence-corrected chi connectivity index (χ2v) is 5.10. The van der Waals surface area contributed by atoms with Crippen LogP contribution in [0.1, 0.15) is 0 Å². The summed E-state index contributed by atoms with van der Waals surface area (Å²) < 4.78 is 5.78. The lowest BCUT2D eigenvalue weighted by molar-refractivity contribution is 0.483. The van der Waals surface area contributed by atoms with Gasteiger partial charge >= 0.3 is 5.69 Å². The van der Waals surface area contributed by atoms with Crippen LogP contribution in [-0.2, 0) is 0 Å². The molecule has 0 fully saturated rings. The quantitative estimate of drug-likeness (QED) is 0.606. The number of imidazole rings is 1. The van der Waals surface area contributed by atoms with E-state index in [9.17, 15) is 4.79 Å². The minimum atomic E-state index is -0.238. The molecule has 4 rings (SSSR count). The van der Waals surface area contributed by atoms with Gasteiger partial charge in [0.1, 0.15) is 11.5 Å². The molecule has 0 amide bonds. The van der Waals surface area contributed by atoms with Crippen LogP contribution in [0.25, 0.3) is 22.3 Å². The van der Waals surface area contributed by atoms with Gasteiger partial charge in [-0.3, -0.25) is 4.98 Å². The monoisotopic (exact) mass is 303 g/mol. The predicted octanol–water partition coefficient (Wildman–Crippen LogP) is 3.71. The largest absolute Gasteiger partial charge is 0.457 e. The lowest BCUT2D eigenvalue weighted by Gasteiger charge is -2.07. The molecule has 0 saturated carbocycles. The van der Waals surface area contributed by atoms with Crippen molar-refractivity contribution in [3.63, 3.8) is 0 Å². The summed E-state index contributed by atoms with van der Waals surface area (Å²) in [6.45, 7) is 0. The standard InChI is InChI=1S/C18H13N3O2/c22-18-20-15-10-11-19-16(17(15)21-18)12-6-8-14(9-7-12)23-13-4-2-1-3-5-13/h1-11H,(H2,20,21,22). The number of pyridine rings is 1. The third-order valence-electron chi connectivity index (χ3n) is 3.54. The zero-order valence-corrected chi connectivity index (χ0v) is 12.1. The van der Waals surface area contributed by atoms with Crippen molar-refractivity contribution in [2.75, 3.05) is 0 Å². The minimum absolute atomic E-state index is 0.238. The van der Waals surface area contributed by atoms with Gasteiger partial charge in [0.15, 0.2) is 0 Å². The summed E-state index contributed by atoms with van der Waals surface area (Å²) in [7, 11) is 0. The van der Waals surface area contributed by atoms with E-state index in [1.54, 1.807) is 12.3 Å². The fourth-order valence-corrected chi connectivity index (χ4v) is 2.48. The van der Waals surface area contributed by atoms with Crippen LogP contribution in [0.3, 0.4) is 0 Å². The summed E-state index contributed by atoms with van der Waals surface area (Å²) in [5.41, 5.74) is 2.84. The molecule has 4 aromatic rings. The SMILES string of the molecule is O=c1[nH]c2ccnc(-c3ccc(Oc4ccccc4)cc3)c2[nH]1. The molecule has 5 nitrogen and oxygen atoms in total. The van der Waals surface area contributed by atoms with Gasteiger partial charge in [-0.1, -0.05) is 18.2 Å². The number of nitrogens with zero attached hydrogens (tertiary/aromatic N) is 1. The second-order valence-electron chi connectivity index (χ2n) is 5.10. The Kier molecular flexibility index (Phi) is 3.16. The highest BCUT2D eigenvalue weighted by Crippen LogP contribution is 2.27. The first-order chi connectivity index (χ1) is 11.3. The fraction of sp³-hybridized carbons (Fsp3) is 0. The third-order valence-corrected chi connectivity index (χ3v) is 3.54. The van der Waals surface area contributed by atoms with Crippen LogP contribution in [0.2, 0.25) is 0 Å². The predicted molar refractivity (Wildman–Crippen MR) is 88.7 cm³/mol. The minimum Gasteiger partial charge on any atom is -0.457 e. The molecule has 2 heterocycles. The Balaban J connectivity index is 1.68. The van der Waals surface area contributed by atoms with Crippen molar-refractivity contribution in [1.29, 1.82) is 0 Å². The first kappa shape index (κ1) is 13.3. The van der Waals surface area contributed by atoms with Crippen LogP contribution in [0.4, 0.5) is 0 Å². The van der Waals surface area contributed by atoms with E-state index in [4.69, 9.17) is 4.74 Å². The molecule has 0 saturated heterocycles. The maximum absolute atomic E-state index is 11.5. The van der Waals surface area contributed by atoms with Crippen molar-refractivity contribution >= 4 is 11.0 Å². The van der Waals surface area contributed by atoms with Gasteiger partial charge in [-0.15, -0.1) is 0 Å². The number of aromatic amines is 2. The van der Waals surface area contributed by atoms with Gasteiger partial charge < -0.3 is 14.7 Å². The number of hydrogen-bond donors (Lipinski definition) is 2. The number of benzene rings is 2. The molecule has 0 aliphatic rings. The number of nitrogens with one attached hydrogen (secondary N) is 2. The third kappa shape index (κ3) is 2.60.